The fourth-order valence-electron chi connectivity index (χ4n) is 6.79. The lowest BCUT2D eigenvalue weighted by Crippen LogP contribution is -2.36. The summed E-state index contributed by atoms with van der Waals surface area (Å²) in [4.78, 5) is 11.2. The van der Waals surface area contributed by atoms with Crippen molar-refractivity contribution in [3.05, 3.63) is 23.3 Å². The molecule has 3 rings (SSSR count). The molecule has 29 heavy (non-hydrogen) atoms. The van der Waals surface area contributed by atoms with Crippen LogP contribution in [0.2, 0.25) is 0 Å². The second kappa shape index (κ2) is 9.92. The van der Waals surface area contributed by atoms with Crippen LogP contribution in [0, 0.1) is 23.2 Å². The molecular weight excluding hydrogens is 360 g/mol. The average Bonchev–Trinajstić information content (AvgIpc) is 3.00. The number of aliphatic hydroxyl groups excluding tert-OH is 2. The molecule has 0 aromatic carbocycles. The molecule has 3 saturated carbocycles. The number of fused-ring (bicyclic) bond motifs is 1. The van der Waals surface area contributed by atoms with Crippen LogP contribution in [0.5, 0.6) is 0 Å². The summed E-state index contributed by atoms with van der Waals surface area (Å²) >= 11 is 0. The van der Waals surface area contributed by atoms with Gasteiger partial charge in [-0.3, -0.25) is 0 Å². The Morgan fingerprint density at radius 2 is 1.90 bits per heavy atom. The first-order valence-electron chi connectivity index (χ1n) is 12.0. The van der Waals surface area contributed by atoms with Crippen molar-refractivity contribution in [3.8, 4) is 0 Å². The smallest absolute Gasteiger partial charge is 0.129 e. The highest BCUT2D eigenvalue weighted by Crippen LogP contribution is 2.59. The summed E-state index contributed by atoms with van der Waals surface area (Å²) in [6, 6.07) is 0. The van der Waals surface area contributed by atoms with Crippen molar-refractivity contribution in [2.45, 2.75) is 110 Å². The van der Waals surface area contributed by atoms with Crippen LogP contribution in [0.1, 0.15) is 97.8 Å². The van der Waals surface area contributed by atoms with Gasteiger partial charge in [-0.05, 0) is 87.9 Å². The summed E-state index contributed by atoms with van der Waals surface area (Å²) in [6.45, 7) is 6.68. The molecule has 3 nitrogen and oxygen atoms in total. The molecule has 0 amide bonds. The van der Waals surface area contributed by atoms with Gasteiger partial charge in [-0.15, -0.1) is 0 Å². The van der Waals surface area contributed by atoms with Gasteiger partial charge >= 0.3 is 0 Å². The number of ketones is 1. The van der Waals surface area contributed by atoms with Crippen LogP contribution in [-0.4, -0.2) is 28.2 Å². The fraction of sp³-hybridized carbons (Fsp3) is 0.808. The first-order chi connectivity index (χ1) is 13.8. The van der Waals surface area contributed by atoms with E-state index in [1.165, 1.54) is 50.5 Å². The number of allylic oxidation sites excluding steroid dienone is 3. The molecule has 2 N–H and O–H groups in total. The van der Waals surface area contributed by atoms with E-state index in [-0.39, 0.29) is 12.2 Å². The first-order valence-corrected chi connectivity index (χ1v) is 12.0. The van der Waals surface area contributed by atoms with Gasteiger partial charge in [0.25, 0.3) is 0 Å². The summed E-state index contributed by atoms with van der Waals surface area (Å²) in [5.74, 6) is 2.54. The van der Waals surface area contributed by atoms with Gasteiger partial charge in [0.1, 0.15) is 5.78 Å². The van der Waals surface area contributed by atoms with Crippen molar-refractivity contribution < 1.29 is 15.0 Å². The molecule has 0 saturated heterocycles. The molecule has 0 aromatic heterocycles. The van der Waals surface area contributed by atoms with Crippen LogP contribution in [0.4, 0.5) is 0 Å². The zero-order valence-electron chi connectivity index (χ0n) is 18.8. The van der Waals surface area contributed by atoms with E-state index in [4.69, 9.17) is 0 Å². The Bertz CT molecular complexity index is 622. The van der Waals surface area contributed by atoms with E-state index in [1.54, 1.807) is 12.5 Å². The Kier molecular flexibility index (Phi) is 7.78. The number of unbranched alkanes of at least 4 members (excludes halogenated alkanes) is 1. The second-order valence-corrected chi connectivity index (χ2v) is 10.5. The van der Waals surface area contributed by atoms with Crippen LogP contribution < -0.4 is 0 Å². The second-order valence-electron chi connectivity index (χ2n) is 10.5. The minimum absolute atomic E-state index is 0.319. The SMILES string of the molecule is CC(=O)CCCC[C@@H](C)[C@H]1CCC2/C(=C/C=C3C[C@@H](O)C[C@H](O)C3)CCC[C@@]21C. The van der Waals surface area contributed by atoms with Crippen LogP contribution in [-0.2, 0) is 4.79 Å². The molecule has 3 heteroatoms. The van der Waals surface area contributed by atoms with Crippen molar-refractivity contribution in [1.29, 1.82) is 0 Å². The predicted molar refractivity (Wildman–Crippen MR) is 119 cm³/mol. The molecule has 3 aliphatic rings. The molecule has 0 bridgehead atoms. The van der Waals surface area contributed by atoms with Gasteiger partial charge in [0, 0.05) is 6.42 Å². The Labute approximate surface area is 177 Å². The molecule has 0 aliphatic heterocycles. The van der Waals surface area contributed by atoms with Gasteiger partial charge in [-0.25, -0.2) is 0 Å². The van der Waals surface area contributed by atoms with E-state index < -0.39 is 0 Å². The number of Topliss-reactive ketones (excluding diaryl/α,β-unsaturated/α-hetero) is 1. The molecule has 3 fully saturated rings. The predicted octanol–water partition coefficient (Wildman–Crippen LogP) is 5.75. The van der Waals surface area contributed by atoms with Gasteiger partial charge < -0.3 is 15.0 Å². The molecule has 164 valence electrons. The van der Waals surface area contributed by atoms with Crippen molar-refractivity contribution in [1.82, 2.24) is 0 Å². The molecule has 0 aromatic rings. The fourth-order valence-corrected chi connectivity index (χ4v) is 6.79. The lowest BCUT2D eigenvalue weighted by Gasteiger charge is -2.44. The molecule has 1 unspecified atom stereocenters. The van der Waals surface area contributed by atoms with Gasteiger partial charge in [-0.2, -0.15) is 0 Å². The lowest BCUT2D eigenvalue weighted by molar-refractivity contribution is -0.117. The zero-order valence-corrected chi connectivity index (χ0v) is 18.8. The van der Waals surface area contributed by atoms with Gasteiger partial charge in [0.2, 0.25) is 0 Å². The third-order valence-electron chi connectivity index (χ3n) is 8.24. The van der Waals surface area contributed by atoms with Crippen LogP contribution in [0.15, 0.2) is 23.3 Å². The number of aliphatic hydroxyl groups is 2. The van der Waals surface area contributed by atoms with E-state index in [0.717, 1.165) is 24.7 Å². The highest BCUT2D eigenvalue weighted by atomic mass is 16.3. The standard InChI is InChI=1S/C26H42O3/c1-18(7-4-5-8-19(2)27)24-12-13-25-21(9-6-14-26(24,25)3)11-10-20-15-22(28)17-23(29)16-20/h10-11,18,22-25,28-29H,4-9,12-17H2,1-3H3/b21-11+/t18-,22-,23-,24-,25?,26-/m1/s1. The van der Waals surface area contributed by atoms with Crippen molar-refractivity contribution >= 4 is 5.78 Å². The molecule has 6 atom stereocenters. The van der Waals surface area contributed by atoms with Gasteiger partial charge in [0.15, 0.2) is 0 Å². The van der Waals surface area contributed by atoms with Gasteiger partial charge in [0.05, 0.1) is 12.2 Å². The Hall–Kier alpha value is -0.930. The number of carbonyl (C=O) groups is 1. The van der Waals surface area contributed by atoms with Crippen molar-refractivity contribution in [2.75, 3.05) is 0 Å². The summed E-state index contributed by atoms with van der Waals surface area (Å²) in [6.07, 6.45) is 16.4. The number of rotatable bonds is 7. The van der Waals surface area contributed by atoms with Crippen LogP contribution in [0.3, 0.4) is 0 Å². The molecule has 3 aliphatic carbocycles. The van der Waals surface area contributed by atoms with Crippen molar-refractivity contribution in [2.24, 2.45) is 23.2 Å². The summed E-state index contributed by atoms with van der Waals surface area (Å²) in [5, 5.41) is 19.9. The van der Waals surface area contributed by atoms with E-state index in [1.807, 2.05) is 0 Å². The van der Waals surface area contributed by atoms with E-state index >= 15 is 0 Å². The van der Waals surface area contributed by atoms with E-state index in [2.05, 4.69) is 26.0 Å². The zero-order chi connectivity index (χ0) is 21.0. The highest BCUT2D eigenvalue weighted by molar-refractivity contribution is 5.75. The summed E-state index contributed by atoms with van der Waals surface area (Å²) in [7, 11) is 0. The average molecular weight is 403 g/mol. The summed E-state index contributed by atoms with van der Waals surface area (Å²) in [5.41, 5.74) is 3.21. The monoisotopic (exact) mass is 402 g/mol. The topological polar surface area (TPSA) is 57.5 Å². The minimum atomic E-state index is -0.389. The highest BCUT2D eigenvalue weighted by Gasteiger charge is 2.50. The van der Waals surface area contributed by atoms with E-state index in [0.29, 0.717) is 36.4 Å². The minimum Gasteiger partial charge on any atom is -0.393 e. The summed E-state index contributed by atoms with van der Waals surface area (Å²) < 4.78 is 0. The molecule has 0 heterocycles. The maximum Gasteiger partial charge on any atom is 0.129 e. The largest absolute Gasteiger partial charge is 0.393 e. The maximum absolute atomic E-state index is 11.2. The van der Waals surface area contributed by atoms with Crippen LogP contribution in [0.25, 0.3) is 0 Å². The molecule has 0 spiro atoms. The molecular formula is C26H42O3. The van der Waals surface area contributed by atoms with Gasteiger partial charge in [-0.1, -0.05) is 50.0 Å². The maximum atomic E-state index is 11.2. The quantitative estimate of drug-likeness (QED) is 0.533. The van der Waals surface area contributed by atoms with Crippen molar-refractivity contribution in [3.63, 3.8) is 0 Å². The van der Waals surface area contributed by atoms with E-state index in [9.17, 15) is 15.0 Å². The number of carbonyl (C=O) groups excluding carboxylic acids is 1. The Balaban J connectivity index is 1.64. The normalized spacial score (nSPS) is 37.4. The molecule has 0 radical (unpaired) electrons. The Morgan fingerprint density at radius 1 is 1.17 bits per heavy atom. The van der Waals surface area contributed by atoms with Crippen LogP contribution >= 0.6 is 0 Å². The lowest BCUT2D eigenvalue weighted by atomic mass is 9.60. The number of hydrogen-bond acceptors (Lipinski definition) is 3. The first kappa shape index (κ1) is 22.7. The Morgan fingerprint density at radius 3 is 2.59 bits per heavy atom. The number of hydrogen-bond donors (Lipinski definition) is 2. The third kappa shape index (κ3) is 5.61. The third-order valence-corrected chi connectivity index (χ3v) is 8.24.